The number of hydrogen-bond donors (Lipinski definition) is 2. The summed E-state index contributed by atoms with van der Waals surface area (Å²) in [6.45, 7) is 16.5. The molecule has 0 amide bonds. The van der Waals surface area contributed by atoms with Gasteiger partial charge in [-0.3, -0.25) is 0 Å². The van der Waals surface area contributed by atoms with E-state index in [0.29, 0.717) is 41.2 Å². The molecule has 2 nitrogen and oxygen atoms in total. The Morgan fingerprint density at radius 3 is 1.77 bits per heavy atom. The zero-order valence-electron chi connectivity index (χ0n) is 16.2. The predicted octanol–water partition coefficient (Wildman–Crippen LogP) is 4.81. The van der Waals surface area contributed by atoms with Crippen molar-refractivity contribution in [1.82, 2.24) is 0 Å². The fourth-order valence-electron chi connectivity index (χ4n) is 4.54. The predicted molar refractivity (Wildman–Crippen MR) is 98.6 cm³/mol. The SMILES string of the molecule is CC(N)CCCC(C)(C)C1CC(C(C)C)C(N)C(C(C)C)C1. The Morgan fingerprint density at radius 1 is 0.955 bits per heavy atom. The fraction of sp³-hybridized carbons (Fsp3) is 1.00. The van der Waals surface area contributed by atoms with Crippen molar-refractivity contribution in [1.29, 1.82) is 0 Å². The van der Waals surface area contributed by atoms with Gasteiger partial charge >= 0.3 is 0 Å². The smallest absolute Gasteiger partial charge is 0.0101 e. The van der Waals surface area contributed by atoms with E-state index < -0.39 is 0 Å². The average molecular weight is 311 g/mol. The Balaban J connectivity index is 2.79. The van der Waals surface area contributed by atoms with Crippen LogP contribution >= 0.6 is 0 Å². The van der Waals surface area contributed by atoms with Gasteiger partial charge in [-0.1, -0.05) is 48.0 Å². The fourth-order valence-corrected chi connectivity index (χ4v) is 4.54. The summed E-state index contributed by atoms with van der Waals surface area (Å²) in [6, 6.07) is 0.721. The van der Waals surface area contributed by atoms with Gasteiger partial charge in [-0.05, 0) is 67.6 Å². The molecule has 22 heavy (non-hydrogen) atoms. The molecule has 1 saturated carbocycles. The van der Waals surface area contributed by atoms with Gasteiger partial charge in [0.15, 0.2) is 0 Å². The van der Waals surface area contributed by atoms with Crippen LogP contribution in [0.25, 0.3) is 0 Å². The average Bonchev–Trinajstić information content (AvgIpc) is 2.37. The maximum Gasteiger partial charge on any atom is 0.0101 e. The van der Waals surface area contributed by atoms with Gasteiger partial charge in [0.05, 0.1) is 0 Å². The van der Waals surface area contributed by atoms with Crippen molar-refractivity contribution >= 4 is 0 Å². The molecular formula is C20H42N2. The lowest BCUT2D eigenvalue weighted by Crippen LogP contribution is -2.49. The van der Waals surface area contributed by atoms with Gasteiger partial charge in [0.1, 0.15) is 0 Å². The molecule has 1 aliphatic carbocycles. The van der Waals surface area contributed by atoms with Crippen molar-refractivity contribution in [2.75, 3.05) is 0 Å². The van der Waals surface area contributed by atoms with E-state index in [4.69, 9.17) is 11.5 Å². The highest BCUT2D eigenvalue weighted by molar-refractivity contribution is 4.95. The standard InChI is InChI=1S/C20H42N2/c1-13(2)17-11-16(12-18(14(3)4)19(17)22)20(6,7)10-8-9-15(5)21/h13-19H,8-12,21-22H2,1-7H3. The molecule has 1 rings (SSSR count). The zero-order valence-corrected chi connectivity index (χ0v) is 16.2. The number of hydrogen-bond acceptors (Lipinski definition) is 2. The van der Waals surface area contributed by atoms with Crippen molar-refractivity contribution < 1.29 is 0 Å². The molecule has 132 valence electrons. The third-order valence-corrected chi connectivity index (χ3v) is 6.40. The van der Waals surface area contributed by atoms with Crippen LogP contribution in [0.4, 0.5) is 0 Å². The van der Waals surface area contributed by atoms with E-state index in [2.05, 4.69) is 48.5 Å². The summed E-state index contributed by atoms with van der Waals surface area (Å²) in [5.41, 5.74) is 13.0. The third-order valence-electron chi connectivity index (χ3n) is 6.40. The Morgan fingerprint density at radius 2 is 1.41 bits per heavy atom. The molecule has 0 spiro atoms. The zero-order chi connectivity index (χ0) is 17.1. The highest BCUT2D eigenvalue weighted by Gasteiger charge is 2.43. The Bertz CT molecular complexity index is 302. The third kappa shape index (κ3) is 5.23. The van der Waals surface area contributed by atoms with Gasteiger partial charge in [0.2, 0.25) is 0 Å². The molecule has 0 aromatic heterocycles. The summed E-state index contributed by atoms with van der Waals surface area (Å²) in [4.78, 5) is 0. The lowest BCUT2D eigenvalue weighted by Gasteiger charge is -2.49. The van der Waals surface area contributed by atoms with Gasteiger partial charge in [-0.15, -0.1) is 0 Å². The van der Waals surface area contributed by atoms with Gasteiger partial charge in [0.25, 0.3) is 0 Å². The first-order chi connectivity index (χ1) is 10.1. The minimum absolute atomic E-state index is 0.336. The first-order valence-electron chi connectivity index (χ1n) is 9.57. The minimum atomic E-state index is 0.336. The van der Waals surface area contributed by atoms with Crippen molar-refractivity contribution in [3.8, 4) is 0 Å². The van der Waals surface area contributed by atoms with Crippen LogP contribution in [0.2, 0.25) is 0 Å². The van der Waals surface area contributed by atoms with Crippen LogP contribution < -0.4 is 11.5 Å². The molecule has 0 heterocycles. The largest absolute Gasteiger partial charge is 0.328 e. The molecule has 3 unspecified atom stereocenters. The van der Waals surface area contributed by atoms with E-state index in [0.717, 1.165) is 12.3 Å². The molecule has 1 aliphatic rings. The Labute approximate surface area is 139 Å². The second-order valence-corrected chi connectivity index (χ2v) is 9.42. The van der Waals surface area contributed by atoms with Gasteiger partial charge < -0.3 is 11.5 Å². The van der Waals surface area contributed by atoms with Crippen LogP contribution in [0, 0.1) is 35.0 Å². The molecule has 3 atom stereocenters. The highest BCUT2D eigenvalue weighted by atomic mass is 14.7. The van der Waals surface area contributed by atoms with Crippen molar-refractivity contribution in [3.63, 3.8) is 0 Å². The summed E-state index contributed by atoms with van der Waals surface area (Å²) in [5, 5.41) is 0. The van der Waals surface area contributed by atoms with Crippen LogP contribution in [0.3, 0.4) is 0 Å². The van der Waals surface area contributed by atoms with E-state index in [-0.39, 0.29) is 0 Å². The summed E-state index contributed by atoms with van der Waals surface area (Å²) >= 11 is 0. The van der Waals surface area contributed by atoms with E-state index >= 15 is 0 Å². The van der Waals surface area contributed by atoms with E-state index in [1.54, 1.807) is 0 Å². The van der Waals surface area contributed by atoms with E-state index in [9.17, 15) is 0 Å². The molecule has 0 aromatic carbocycles. The first-order valence-corrected chi connectivity index (χ1v) is 9.57. The summed E-state index contributed by atoms with van der Waals surface area (Å²) in [6.07, 6.45) is 6.33. The molecule has 1 fully saturated rings. The molecule has 4 N–H and O–H groups in total. The molecule has 0 radical (unpaired) electrons. The molecule has 0 aromatic rings. The van der Waals surface area contributed by atoms with E-state index in [1.807, 2.05) is 0 Å². The Hall–Kier alpha value is -0.0800. The van der Waals surface area contributed by atoms with Crippen LogP contribution in [-0.2, 0) is 0 Å². The van der Waals surface area contributed by atoms with Gasteiger partial charge in [0, 0.05) is 12.1 Å². The van der Waals surface area contributed by atoms with Crippen molar-refractivity contribution in [2.24, 2.45) is 46.5 Å². The first kappa shape index (κ1) is 20.0. The lowest BCUT2D eigenvalue weighted by atomic mass is 9.58. The summed E-state index contributed by atoms with van der Waals surface area (Å²) in [7, 11) is 0. The number of nitrogens with two attached hydrogens (primary N) is 2. The molecule has 0 saturated heterocycles. The van der Waals surface area contributed by atoms with Crippen LogP contribution in [0.5, 0.6) is 0 Å². The minimum Gasteiger partial charge on any atom is -0.328 e. The van der Waals surface area contributed by atoms with Crippen LogP contribution in [-0.4, -0.2) is 12.1 Å². The summed E-state index contributed by atoms with van der Waals surface area (Å²) in [5.74, 6) is 3.55. The normalized spacial score (nSPS) is 31.8. The second kappa shape index (κ2) is 8.15. The maximum atomic E-state index is 6.65. The highest BCUT2D eigenvalue weighted by Crippen LogP contribution is 2.48. The second-order valence-electron chi connectivity index (χ2n) is 9.42. The Kier molecular flexibility index (Phi) is 7.39. The molecule has 2 heteroatoms. The van der Waals surface area contributed by atoms with Gasteiger partial charge in [-0.25, -0.2) is 0 Å². The van der Waals surface area contributed by atoms with Crippen molar-refractivity contribution in [2.45, 2.75) is 92.7 Å². The van der Waals surface area contributed by atoms with Crippen molar-refractivity contribution in [3.05, 3.63) is 0 Å². The van der Waals surface area contributed by atoms with Crippen LogP contribution in [0.1, 0.15) is 80.6 Å². The topological polar surface area (TPSA) is 52.0 Å². The monoisotopic (exact) mass is 310 g/mol. The maximum absolute atomic E-state index is 6.65. The van der Waals surface area contributed by atoms with Gasteiger partial charge in [-0.2, -0.15) is 0 Å². The molecular weight excluding hydrogens is 268 g/mol. The van der Waals surface area contributed by atoms with Crippen LogP contribution in [0.15, 0.2) is 0 Å². The van der Waals surface area contributed by atoms with E-state index in [1.165, 1.54) is 25.7 Å². The molecule has 0 bridgehead atoms. The quantitative estimate of drug-likeness (QED) is 0.709. The lowest BCUT2D eigenvalue weighted by molar-refractivity contribution is 0.0309. The molecule has 0 aliphatic heterocycles. The number of rotatable bonds is 7. The summed E-state index contributed by atoms with van der Waals surface area (Å²) < 4.78 is 0.